The molecule has 0 saturated carbocycles. The minimum absolute atomic E-state index is 0.0685. The van der Waals surface area contributed by atoms with E-state index in [1.807, 2.05) is 0 Å². The molecule has 2 heterocycles. The molecule has 1 aromatic carbocycles. The molecule has 0 aliphatic rings. The Balaban J connectivity index is 2.30. The topological polar surface area (TPSA) is 99.1 Å². The number of phenols is 2. The number of hydrogen-bond donors (Lipinski definition) is 3. The summed E-state index contributed by atoms with van der Waals surface area (Å²) < 4.78 is -0.225. The van der Waals surface area contributed by atoms with Crippen molar-refractivity contribution in [3.63, 3.8) is 0 Å². The Labute approximate surface area is 114 Å². The molecule has 3 N–H and O–H groups in total. The van der Waals surface area contributed by atoms with Crippen molar-refractivity contribution in [3.05, 3.63) is 32.9 Å². The first kappa shape index (κ1) is 11.9. The van der Waals surface area contributed by atoms with Gasteiger partial charge in [-0.3, -0.25) is 9.89 Å². The van der Waals surface area contributed by atoms with E-state index in [1.54, 1.807) is 0 Å². The summed E-state index contributed by atoms with van der Waals surface area (Å²) in [5, 5.41) is 26.3. The second kappa shape index (κ2) is 4.22. The third kappa shape index (κ3) is 1.92. The van der Waals surface area contributed by atoms with Crippen molar-refractivity contribution in [2.24, 2.45) is 0 Å². The van der Waals surface area contributed by atoms with Crippen molar-refractivity contribution >= 4 is 34.0 Å². The molecular formula is C11H6ClN3O3S. The average molecular weight is 296 g/mol. The maximum Gasteiger partial charge on any atom is 0.246 e. The van der Waals surface area contributed by atoms with Gasteiger partial charge in [-0.25, -0.2) is 4.98 Å². The van der Waals surface area contributed by atoms with Crippen LogP contribution in [0, 0.1) is 0 Å². The van der Waals surface area contributed by atoms with E-state index in [1.165, 1.54) is 12.3 Å². The van der Waals surface area contributed by atoms with Gasteiger partial charge in [-0.2, -0.15) is 5.10 Å². The van der Waals surface area contributed by atoms with Crippen molar-refractivity contribution < 1.29 is 10.2 Å². The first-order valence-corrected chi connectivity index (χ1v) is 6.32. The van der Waals surface area contributed by atoms with E-state index in [2.05, 4.69) is 15.2 Å². The number of benzene rings is 1. The molecule has 8 heteroatoms. The number of fused-ring (bicyclic) bond motifs is 1. The Hall–Kier alpha value is -2.12. The molecule has 0 amide bonds. The Kier molecular flexibility index (Phi) is 2.65. The van der Waals surface area contributed by atoms with Crippen LogP contribution >= 0.6 is 22.9 Å². The summed E-state index contributed by atoms with van der Waals surface area (Å²) in [7, 11) is 0. The molecule has 0 radical (unpaired) electrons. The summed E-state index contributed by atoms with van der Waals surface area (Å²) in [4.78, 5) is 16.0. The molecule has 2 aromatic heterocycles. The van der Waals surface area contributed by atoms with Gasteiger partial charge in [-0.15, -0.1) is 0 Å². The van der Waals surface area contributed by atoms with E-state index in [0.717, 1.165) is 17.4 Å². The van der Waals surface area contributed by atoms with Crippen molar-refractivity contribution in [2.75, 3.05) is 0 Å². The fraction of sp³-hybridized carbons (Fsp3) is 0. The van der Waals surface area contributed by atoms with Gasteiger partial charge in [0, 0.05) is 6.07 Å². The number of hydrogen-bond acceptors (Lipinski definition) is 6. The summed E-state index contributed by atoms with van der Waals surface area (Å²) in [6.45, 7) is 0. The Morgan fingerprint density at radius 1 is 1.26 bits per heavy atom. The van der Waals surface area contributed by atoms with Gasteiger partial charge in [0.2, 0.25) is 4.74 Å². The molecule has 0 bridgehead atoms. The van der Waals surface area contributed by atoms with Crippen molar-refractivity contribution in [1.29, 1.82) is 0 Å². The monoisotopic (exact) mass is 295 g/mol. The predicted molar refractivity (Wildman–Crippen MR) is 71.8 cm³/mol. The molecule has 0 aliphatic heterocycles. The quantitative estimate of drug-likeness (QED) is 0.638. The van der Waals surface area contributed by atoms with E-state index in [9.17, 15) is 15.0 Å². The fourth-order valence-electron chi connectivity index (χ4n) is 1.62. The standard InChI is InChI=1S/C11H6ClN3O3S/c12-6-1-4(7(16)2-8(6)17)10-14-9-5(3-13-15-9)11(18)19-10/h1-3,16-17H,(H,13,15). The largest absolute Gasteiger partial charge is 0.507 e. The number of nitrogens with one attached hydrogen (secondary N) is 1. The number of H-pyrrole nitrogens is 1. The highest BCUT2D eigenvalue weighted by Crippen LogP contribution is 2.37. The molecule has 0 unspecified atom stereocenters. The number of aromatic amines is 1. The number of aromatic hydroxyl groups is 2. The zero-order valence-corrected chi connectivity index (χ0v) is 10.8. The second-order valence-corrected chi connectivity index (χ2v) is 5.13. The molecule has 0 spiro atoms. The summed E-state index contributed by atoms with van der Waals surface area (Å²) in [5.41, 5.74) is 0.615. The Morgan fingerprint density at radius 2 is 2.05 bits per heavy atom. The van der Waals surface area contributed by atoms with Gasteiger partial charge >= 0.3 is 0 Å². The molecule has 0 aliphatic carbocycles. The number of nitrogens with zero attached hydrogens (tertiary/aromatic N) is 2. The van der Waals surface area contributed by atoms with E-state index in [-0.39, 0.29) is 26.8 Å². The van der Waals surface area contributed by atoms with Gasteiger partial charge in [0.15, 0.2) is 5.65 Å². The van der Waals surface area contributed by atoms with Crippen molar-refractivity contribution in [1.82, 2.24) is 15.2 Å². The van der Waals surface area contributed by atoms with Gasteiger partial charge in [0.05, 0.1) is 22.2 Å². The first-order chi connectivity index (χ1) is 9.06. The van der Waals surface area contributed by atoms with Gasteiger partial charge in [0.25, 0.3) is 0 Å². The smallest absolute Gasteiger partial charge is 0.246 e. The minimum atomic E-state index is -0.238. The highest BCUT2D eigenvalue weighted by Gasteiger charge is 2.14. The summed E-state index contributed by atoms with van der Waals surface area (Å²) >= 11 is 6.66. The van der Waals surface area contributed by atoms with Crippen LogP contribution < -0.4 is 4.74 Å². The lowest BCUT2D eigenvalue weighted by molar-refractivity contribution is 0.452. The van der Waals surface area contributed by atoms with Crippen LogP contribution in [-0.4, -0.2) is 25.4 Å². The maximum atomic E-state index is 11.9. The van der Waals surface area contributed by atoms with Crippen LogP contribution in [0.1, 0.15) is 0 Å². The van der Waals surface area contributed by atoms with E-state index >= 15 is 0 Å². The lowest BCUT2D eigenvalue weighted by Gasteiger charge is -2.05. The highest BCUT2D eigenvalue weighted by molar-refractivity contribution is 7.13. The highest BCUT2D eigenvalue weighted by atomic mass is 35.5. The SMILES string of the molecule is O=c1sc(-c2cc(Cl)c(O)cc2O)nc2[nH]ncc12. The van der Waals surface area contributed by atoms with Crippen LogP contribution in [0.15, 0.2) is 23.1 Å². The third-order valence-corrected chi connectivity index (χ3v) is 3.75. The van der Waals surface area contributed by atoms with Gasteiger partial charge in [-0.1, -0.05) is 22.9 Å². The molecular weight excluding hydrogens is 290 g/mol. The fourth-order valence-corrected chi connectivity index (χ4v) is 2.63. The van der Waals surface area contributed by atoms with Gasteiger partial charge in [-0.05, 0) is 6.07 Å². The number of phenolic OH excluding ortho intramolecular Hbond substituents is 2. The van der Waals surface area contributed by atoms with Crippen LogP contribution in [0.3, 0.4) is 0 Å². The molecule has 96 valence electrons. The average Bonchev–Trinajstić information content (AvgIpc) is 2.82. The normalized spacial score (nSPS) is 11.0. The molecule has 6 nitrogen and oxygen atoms in total. The molecule has 3 rings (SSSR count). The zero-order chi connectivity index (χ0) is 13.6. The molecule has 0 saturated heterocycles. The molecule has 0 fully saturated rings. The first-order valence-electron chi connectivity index (χ1n) is 5.12. The van der Waals surface area contributed by atoms with Crippen LogP contribution in [-0.2, 0) is 0 Å². The zero-order valence-electron chi connectivity index (χ0n) is 9.22. The maximum absolute atomic E-state index is 11.9. The van der Waals surface area contributed by atoms with Gasteiger partial charge < -0.3 is 10.2 Å². The van der Waals surface area contributed by atoms with Gasteiger partial charge in [0.1, 0.15) is 16.5 Å². The van der Waals surface area contributed by atoms with E-state index < -0.39 is 0 Å². The predicted octanol–water partition coefficient (Wildman–Crippen LogP) is 2.11. The number of halogens is 1. The summed E-state index contributed by atoms with van der Waals surface area (Å²) in [6.07, 6.45) is 1.40. The Morgan fingerprint density at radius 3 is 2.84 bits per heavy atom. The number of aromatic nitrogens is 3. The van der Waals surface area contributed by atoms with E-state index in [4.69, 9.17) is 11.6 Å². The summed E-state index contributed by atoms with van der Waals surface area (Å²) in [6, 6.07) is 2.46. The lowest BCUT2D eigenvalue weighted by atomic mass is 10.2. The molecule has 3 aromatic rings. The second-order valence-electron chi connectivity index (χ2n) is 3.76. The number of rotatable bonds is 1. The van der Waals surface area contributed by atoms with E-state index in [0.29, 0.717) is 16.0 Å². The third-order valence-electron chi connectivity index (χ3n) is 2.54. The van der Waals surface area contributed by atoms with Crippen molar-refractivity contribution in [3.8, 4) is 22.1 Å². The molecule has 0 atom stereocenters. The van der Waals surface area contributed by atoms with Crippen molar-refractivity contribution in [2.45, 2.75) is 0 Å². The Bertz CT molecular complexity index is 843. The lowest BCUT2D eigenvalue weighted by Crippen LogP contribution is -1.97. The van der Waals surface area contributed by atoms with Crippen LogP contribution in [0.2, 0.25) is 5.02 Å². The van der Waals surface area contributed by atoms with Crippen LogP contribution in [0.25, 0.3) is 21.6 Å². The summed E-state index contributed by atoms with van der Waals surface area (Å²) in [5.74, 6) is -0.443. The molecule has 19 heavy (non-hydrogen) atoms. The van der Waals surface area contributed by atoms with Crippen LogP contribution in [0.4, 0.5) is 0 Å². The minimum Gasteiger partial charge on any atom is -0.507 e. The van der Waals surface area contributed by atoms with Crippen LogP contribution in [0.5, 0.6) is 11.5 Å².